The molecule has 5 heteroatoms. The zero-order valence-electron chi connectivity index (χ0n) is 15.0. The van der Waals surface area contributed by atoms with Crippen LogP contribution >= 0.6 is 0 Å². The molecule has 2 atom stereocenters. The normalized spacial score (nSPS) is 21.9. The van der Waals surface area contributed by atoms with Crippen LogP contribution in [0.3, 0.4) is 0 Å². The van der Waals surface area contributed by atoms with Crippen LogP contribution in [0.2, 0.25) is 0 Å². The maximum atomic E-state index is 12.7. The summed E-state index contributed by atoms with van der Waals surface area (Å²) in [5.41, 5.74) is 1.34. The van der Waals surface area contributed by atoms with Gasteiger partial charge in [0.15, 0.2) is 0 Å². The summed E-state index contributed by atoms with van der Waals surface area (Å²) in [6.45, 7) is 0. The minimum Gasteiger partial charge on any atom is -0.426 e. The van der Waals surface area contributed by atoms with Gasteiger partial charge < -0.3 is 4.74 Å². The first kappa shape index (κ1) is 17.5. The number of carbonyl (C=O) groups excluding carboxylic acids is 3. The number of fused-ring (bicyclic) bond motifs is 1. The van der Waals surface area contributed by atoms with Gasteiger partial charge in [0.2, 0.25) is 11.8 Å². The number of nitrogens with zero attached hydrogens (tertiary/aromatic N) is 1. The Morgan fingerprint density at radius 2 is 1.59 bits per heavy atom. The van der Waals surface area contributed by atoms with E-state index in [1.54, 1.807) is 24.3 Å². The van der Waals surface area contributed by atoms with E-state index in [1.807, 2.05) is 30.3 Å². The number of ether oxygens (including phenoxy) is 1. The summed E-state index contributed by atoms with van der Waals surface area (Å²) in [5, 5.41) is 0. The van der Waals surface area contributed by atoms with Crippen molar-refractivity contribution in [2.45, 2.75) is 32.1 Å². The standard InChI is InChI=1S/C22H21NO4/c24-20(13-15-7-2-1-3-8-15)27-17-10-6-9-16(14-17)23-21(25)18-11-4-5-12-19(18)22(23)26/h1-3,6-10,14,18-19H,4-5,11-13H2/t18-,19-/m1/s1. The third-order valence-electron chi connectivity index (χ3n) is 5.34. The average Bonchev–Trinajstić information content (AvgIpc) is 2.94. The van der Waals surface area contributed by atoms with Gasteiger partial charge in [0.05, 0.1) is 23.9 Å². The fourth-order valence-corrected chi connectivity index (χ4v) is 4.03. The van der Waals surface area contributed by atoms with Crippen molar-refractivity contribution in [1.82, 2.24) is 0 Å². The fraction of sp³-hybridized carbons (Fsp3) is 0.318. The van der Waals surface area contributed by atoms with Crippen molar-refractivity contribution in [3.8, 4) is 5.75 Å². The molecule has 5 nitrogen and oxygen atoms in total. The molecule has 0 aromatic heterocycles. The Labute approximate surface area is 157 Å². The lowest BCUT2D eigenvalue weighted by Crippen LogP contribution is -2.30. The first-order chi connectivity index (χ1) is 13.1. The van der Waals surface area contributed by atoms with E-state index in [9.17, 15) is 14.4 Å². The van der Waals surface area contributed by atoms with Gasteiger partial charge in [0.1, 0.15) is 5.75 Å². The summed E-state index contributed by atoms with van der Waals surface area (Å²) in [5.74, 6) is -0.698. The maximum absolute atomic E-state index is 12.7. The number of esters is 1. The first-order valence-corrected chi connectivity index (χ1v) is 9.36. The van der Waals surface area contributed by atoms with Crippen molar-refractivity contribution >= 4 is 23.5 Å². The molecule has 1 saturated heterocycles. The summed E-state index contributed by atoms with van der Waals surface area (Å²) >= 11 is 0. The Bertz CT molecular complexity index is 853. The lowest BCUT2D eigenvalue weighted by Gasteiger charge is -2.19. The zero-order valence-corrected chi connectivity index (χ0v) is 15.0. The molecule has 1 aliphatic carbocycles. The van der Waals surface area contributed by atoms with Crippen molar-refractivity contribution < 1.29 is 19.1 Å². The summed E-state index contributed by atoms with van der Waals surface area (Å²) in [6, 6.07) is 16.0. The van der Waals surface area contributed by atoms with Crippen LogP contribution in [0.15, 0.2) is 54.6 Å². The van der Waals surface area contributed by atoms with Gasteiger partial charge in [-0.2, -0.15) is 0 Å². The number of benzene rings is 2. The van der Waals surface area contributed by atoms with E-state index in [0.717, 1.165) is 31.2 Å². The number of hydrogen-bond donors (Lipinski definition) is 0. The SMILES string of the molecule is O=C(Cc1ccccc1)Oc1cccc(N2C(=O)[C@@H]3CCCC[C@H]3C2=O)c1. The van der Waals surface area contributed by atoms with Crippen molar-refractivity contribution in [2.75, 3.05) is 4.90 Å². The zero-order chi connectivity index (χ0) is 18.8. The summed E-state index contributed by atoms with van der Waals surface area (Å²) in [6.07, 6.45) is 3.70. The molecule has 4 rings (SSSR count). The third kappa shape index (κ3) is 3.50. The number of hydrogen-bond acceptors (Lipinski definition) is 4. The highest BCUT2D eigenvalue weighted by atomic mass is 16.5. The minimum absolute atomic E-state index is 0.127. The molecule has 27 heavy (non-hydrogen) atoms. The first-order valence-electron chi connectivity index (χ1n) is 9.36. The highest BCUT2D eigenvalue weighted by Crippen LogP contribution is 2.40. The van der Waals surface area contributed by atoms with E-state index in [1.165, 1.54) is 4.90 Å². The monoisotopic (exact) mass is 363 g/mol. The quantitative estimate of drug-likeness (QED) is 0.474. The molecule has 1 heterocycles. The second-order valence-corrected chi connectivity index (χ2v) is 7.14. The number of carbonyl (C=O) groups is 3. The van der Waals surface area contributed by atoms with Gasteiger partial charge in [-0.25, -0.2) is 4.90 Å². The minimum atomic E-state index is -0.383. The maximum Gasteiger partial charge on any atom is 0.315 e. The smallest absolute Gasteiger partial charge is 0.315 e. The van der Waals surface area contributed by atoms with Crippen LogP contribution in [0.1, 0.15) is 31.2 Å². The molecule has 0 N–H and O–H groups in total. The van der Waals surface area contributed by atoms with Crippen molar-refractivity contribution in [1.29, 1.82) is 0 Å². The van der Waals surface area contributed by atoms with Crippen LogP contribution in [-0.4, -0.2) is 17.8 Å². The van der Waals surface area contributed by atoms with Gasteiger partial charge in [-0.1, -0.05) is 49.2 Å². The molecule has 2 aromatic carbocycles. The highest BCUT2D eigenvalue weighted by molar-refractivity contribution is 6.22. The summed E-state index contributed by atoms with van der Waals surface area (Å²) in [4.78, 5) is 38.9. The third-order valence-corrected chi connectivity index (χ3v) is 5.34. The van der Waals surface area contributed by atoms with Gasteiger partial charge in [-0.3, -0.25) is 14.4 Å². The second kappa shape index (κ2) is 7.35. The molecule has 0 unspecified atom stereocenters. The van der Waals surface area contributed by atoms with E-state index in [4.69, 9.17) is 4.74 Å². The van der Waals surface area contributed by atoms with E-state index >= 15 is 0 Å². The van der Waals surface area contributed by atoms with E-state index in [0.29, 0.717) is 11.4 Å². The highest BCUT2D eigenvalue weighted by Gasteiger charge is 2.48. The molecular weight excluding hydrogens is 342 g/mol. The number of anilines is 1. The van der Waals surface area contributed by atoms with Gasteiger partial charge in [-0.05, 0) is 30.5 Å². The molecule has 138 valence electrons. The average molecular weight is 363 g/mol. The Hall–Kier alpha value is -2.95. The van der Waals surface area contributed by atoms with E-state index in [-0.39, 0.29) is 36.0 Å². The molecule has 2 aliphatic rings. The molecule has 2 aromatic rings. The van der Waals surface area contributed by atoms with Crippen LogP contribution in [0, 0.1) is 11.8 Å². The number of rotatable bonds is 4. The van der Waals surface area contributed by atoms with Crippen LogP contribution in [0.4, 0.5) is 5.69 Å². The fourth-order valence-electron chi connectivity index (χ4n) is 4.03. The molecule has 1 aliphatic heterocycles. The topological polar surface area (TPSA) is 63.7 Å². The van der Waals surface area contributed by atoms with Crippen LogP contribution in [0.25, 0.3) is 0 Å². The second-order valence-electron chi connectivity index (χ2n) is 7.14. The van der Waals surface area contributed by atoms with Gasteiger partial charge in [0, 0.05) is 6.07 Å². The van der Waals surface area contributed by atoms with Gasteiger partial charge in [-0.15, -0.1) is 0 Å². The summed E-state index contributed by atoms with van der Waals surface area (Å²) in [7, 11) is 0. The molecular formula is C22H21NO4. The van der Waals surface area contributed by atoms with Gasteiger partial charge in [0.25, 0.3) is 0 Å². The Balaban J connectivity index is 1.50. The predicted octanol–water partition coefficient (Wildman–Crippen LogP) is 3.51. The Morgan fingerprint density at radius 3 is 2.26 bits per heavy atom. The van der Waals surface area contributed by atoms with Gasteiger partial charge >= 0.3 is 5.97 Å². The van der Waals surface area contributed by atoms with Crippen molar-refractivity contribution in [3.63, 3.8) is 0 Å². The van der Waals surface area contributed by atoms with Crippen LogP contribution < -0.4 is 9.64 Å². The summed E-state index contributed by atoms with van der Waals surface area (Å²) < 4.78 is 5.42. The lowest BCUT2D eigenvalue weighted by atomic mass is 9.81. The molecule has 0 spiro atoms. The Kier molecular flexibility index (Phi) is 4.75. The van der Waals surface area contributed by atoms with E-state index < -0.39 is 0 Å². The van der Waals surface area contributed by atoms with Crippen LogP contribution in [0.5, 0.6) is 5.75 Å². The predicted molar refractivity (Wildman–Crippen MR) is 100 cm³/mol. The van der Waals surface area contributed by atoms with Crippen LogP contribution in [-0.2, 0) is 20.8 Å². The lowest BCUT2D eigenvalue weighted by molar-refractivity contribution is -0.133. The van der Waals surface area contributed by atoms with Crippen molar-refractivity contribution in [2.24, 2.45) is 11.8 Å². The number of amides is 2. The van der Waals surface area contributed by atoms with E-state index in [2.05, 4.69) is 0 Å². The molecule has 1 saturated carbocycles. The molecule has 0 bridgehead atoms. The molecule has 2 fully saturated rings. The molecule has 2 amide bonds. The number of imide groups is 1. The molecule has 0 radical (unpaired) electrons. The largest absolute Gasteiger partial charge is 0.426 e. The Morgan fingerprint density at radius 1 is 0.926 bits per heavy atom. The van der Waals surface area contributed by atoms with Crippen molar-refractivity contribution in [3.05, 3.63) is 60.2 Å².